The topological polar surface area (TPSA) is 130 Å². The highest BCUT2D eigenvalue weighted by molar-refractivity contribution is 7.71. The van der Waals surface area contributed by atoms with Gasteiger partial charge in [-0.15, -0.1) is 0 Å². The lowest BCUT2D eigenvalue weighted by Gasteiger charge is -2.09. The average molecular weight is 470 g/mol. The zero-order chi connectivity index (χ0) is 22.7. The van der Waals surface area contributed by atoms with E-state index in [0.717, 1.165) is 0 Å². The fourth-order valence-electron chi connectivity index (χ4n) is 2.89. The summed E-state index contributed by atoms with van der Waals surface area (Å²) >= 11 is 11.1. The number of benzene rings is 2. The maximum atomic E-state index is 12.4. The number of para-hydroxylation sites is 1. The minimum atomic E-state index is -0.778. The SMILES string of the molecule is O=C(Cn1c(-c2ccc(Cl)cc2)n[nH]c1=S)NNC(=O)c1nn(-c2ccccc2)cc1O. The van der Waals surface area contributed by atoms with Crippen LogP contribution in [0.4, 0.5) is 0 Å². The summed E-state index contributed by atoms with van der Waals surface area (Å²) in [4.78, 5) is 24.8. The molecule has 0 radical (unpaired) electrons. The maximum Gasteiger partial charge on any atom is 0.294 e. The van der Waals surface area contributed by atoms with Crippen molar-refractivity contribution in [3.8, 4) is 22.8 Å². The van der Waals surface area contributed by atoms with Gasteiger partial charge in [-0.2, -0.15) is 10.2 Å². The molecule has 2 heterocycles. The Balaban J connectivity index is 1.43. The van der Waals surface area contributed by atoms with E-state index >= 15 is 0 Å². The highest BCUT2D eigenvalue weighted by Gasteiger charge is 2.18. The molecule has 0 saturated carbocycles. The monoisotopic (exact) mass is 469 g/mol. The molecule has 12 heteroatoms. The van der Waals surface area contributed by atoms with Gasteiger partial charge in [-0.25, -0.2) is 4.68 Å². The Hall–Kier alpha value is -3.96. The van der Waals surface area contributed by atoms with E-state index in [1.165, 1.54) is 15.4 Å². The Morgan fingerprint density at radius 1 is 1.09 bits per heavy atom. The fraction of sp³-hybridized carbons (Fsp3) is 0.0500. The van der Waals surface area contributed by atoms with E-state index in [0.29, 0.717) is 22.1 Å². The Bertz CT molecular complexity index is 1330. The summed E-state index contributed by atoms with van der Waals surface area (Å²) in [6.45, 7) is -0.210. The fourth-order valence-corrected chi connectivity index (χ4v) is 3.21. The molecular weight excluding hydrogens is 454 g/mol. The molecule has 0 spiro atoms. The predicted molar refractivity (Wildman–Crippen MR) is 119 cm³/mol. The van der Waals surface area contributed by atoms with Crippen LogP contribution in [0.25, 0.3) is 17.1 Å². The van der Waals surface area contributed by atoms with Gasteiger partial charge in [-0.05, 0) is 48.6 Å². The van der Waals surface area contributed by atoms with E-state index < -0.39 is 11.8 Å². The lowest BCUT2D eigenvalue weighted by Crippen LogP contribution is -2.43. The number of carbonyl (C=O) groups is 2. The first kappa shape index (κ1) is 21.3. The molecule has 0 atom stereocenters. The molecule has 0 aliphatic carbocycles. The largest absolute Gasteiger partial charge is 0.504 e. The normalized spacial score (nSPS) is 10.7. The van der Waals surface area contributed by atoms with Crippen LogP contribution < -0.4 is 10.9 Å². The van der Waals surface area contributed by atoms with Gasteiger partial charge in [0, 0.05) is 10.6 Å². The number of nitrogens with one attached hydrogen (secondary N) is 3. The molecule has 0 unspecified atom stereocenters. The third kappa shape index (κ3) is 4.53. The van der Waals surface area contributed by atoms with E-state index in [-0.39, 0.29) is 22.8 Å². The molecule has 2 amide bonds. The van der Waals surface area contributed by atoms with Crippen molar-refractivity contribution in [1.29, 1.82) is 0 Å². The number of carbonyl (C=O) groups excluding carboxylic acids is 2. The van der Waals surface area contributed by atoms with Gasteiger partial charge in [0.25, 0.3) is 11.8 Å². The van der Waals surface area contributed by atoms with Crippen LogP contribution in [0.3, 0.4) is 0 Å². The number of hydrogen-bond donors (Lipinski definition) is 4. The second-order valence-electron chi connectivity index (χ2n) is 6.59. The van der Waals surface area contributed by atoms with Crippen molar-refractivity contribution in [3.05, 3.63) is 76.3 Å². The molecule has 32 heavy (non-hydrogen) atoms. The van der Waals surface area contributed by atoms with E-state index in [1.54, 1.807) is 48.5 Å². The van der Waals surface area contributed by atoms with Gasteiger partial charge in [0.15, 0.2) is 22.0 Å². The van der Waals surface area contributed by atoms with Crippen molar-refractivity contribution in [3.63, 3.8) is 0 Å². The summed E-state index contributed by atoms with van der Waals surface area (Å²) in [6.07, 6.45) is 1.30. The van der Waals surface area contributed by atoms with E-state index in [9.17, 15) is 14.7 Å². The molecular formula is C20H16ClN7O3S. The summed E-state index contributed by atoms with van der Waals surface area (Å²) in [5.74, 6) is -1.23. The molecule has 0 saturated heterocycles. The smallest absolute Gasteiger partial charge is 0.294 e. The van der Waals surface area contributed by atoms with Crippen LogP contribution in [0.2, 0.25) is 5.02 Å². The lowest BCUT2D eigenvalue weighted by atomic mass is 10.2. The first-order valence-electron chi connectivity index (χ1n) is 9.27. The molecule has 10 nitrogen and oxygen atoms in total. The van der Waals surface area contributed by atoms with Gasteiger partial charge >= 0.3 is 0 Å². The molecule has 0 aliphatic heterocycles. The number of aromatic hydroxyl groups is 1. The Morgan fingerprint density at radius 2 is 1.81 bits per heavy atom. The second kappa shape index (κ2) is 9.04. The van der Waals surface area contributed by atoms with Crippen molar-refractivity contribution >= 4 is 35.6 Å². The minimum Gasteiger partial charge on any atom is -0.504 e. The molecule has 0 bridgehead atoms. The summed E-state index contributed by atoms with van der Waals surface area (Å²) in [5, 5.41) is 21.5. The summed E-state index contributed by atoms with van der Waals surface area (Å²) < 4.78 is 3.06. The number of hydrazine groups is 1. The van der Waals surface area contributed by atoms with Gasteiger partial charge in [0.2, 0.25) is 0 Å². The summed E-state index contributed by atoms with van der Waals surface area (Å²) in [6, 6.07) is 15.8. The molecule has 2 aromatic carbocycles. The first-order chi connectivity index (χ1) is 15.4. The molecule has 4 aromatic rings. The number of hydrogen-bond acceptors (Lipinski definition) is 6. The number of aromatic nitrogens is 5. The van der Waals surface area contributed by atoms with Crippen LogP contribution in [0, 0.1) is 4.77 Å². The van der Waals surface area contributed by atoms with Crippen molar-refractivity contribution in [2.75, 3.05) is 0 Å². The van der Waals surface area contributed by atoms with Crippen molar-refractivity contribution in [2.24, 2.45) is 0 Å². The predicted octanol–water partition coefficient (Wildman–Crippen LogP) is 2.61. The summed E-state index contributed by atoms with van der Waals surface area (Å²) in [7, 11) is 0. The molecule has 4 rings (SSSR count). The van der Waals surface area contributed by atoms with Crippen molar-refractivity contribution < 1.29 is 14.7 Å². The number of rotatable bonds is 5. The molecule has 4 N–H and O–H groups in total. The third-order valence-corrected chi connectivity index (χ3v) is 4.97. The first-order valence-corrected chi connectivity index (χ1v) is 10.1. The van der Waals surface area contributed by atoms with E-state index in [2.05, 4.69) is 26.1 Å². The molecule has 0 fully saturated rings. The van der Waals surface area contributed by atoms with Gasteiger partial charge in [0.1, 0.15) is 6.54 Å². The van der Waals surface area contributed by atoms with Crippen molar-refractivity contribution in [1.82, 2.24) is 35.4 Å². The number of halogens is 1. The standard InChI is InChI=1S/C20H16ClN7O3S/c21-13-8-6-12(7-9-13)18-23-25-20(32)27(18)11-16(30)22-24-19(31)17-15(29)10-28(26-17)14-4-2-1-3-5-14/h1-10,29H,11H2,(H,22,30)(H,24,31)(H,25,32). The number of nitrogens with zero attached hydrogens (tertiary/aromatic N) is 4. The molecule has 162 valence electrons. The van der Waals surface area contributed by atoms with E-state index in [4.69, 9.17) is 23.8 Å². The minimum absolute atomic E-state index is 0.210. The maximum absolute atomic E-state index is 12.4. The number of amides is 2. The zero-order valence-electron chi connectivity index (χ0n) is 16.3. The lowest BCUT2D eigenvalue weighted by molar-refractivity contribution is -0.122. The second-order valence-corrected chi connectivity index (χ2v) is 7.41. The van der Waals surface area contributed by atoms with Gasteiger partial charge in [0.05, 0.1) is 11.9 Å². The molecule has 2 aromatic heterocycles. The van der Waals surface area contributed by atoms with Crippen LogP contribution in [-0.2, 0) is 11.3 Å². The Kier molecular flexibility index (Phi) is 6.01. The highest BCUT2D eigenvalue weighted by atomic mass is 35.5. The van der Waals surface area contributed by atoms with Crippen LogP contribution in [0.5, 0.6) is 5.75 Å². The van der Waals surface area contributed by atoms with Crippen LogP contribution in [0.1, 0.15) is 10.5 Å². The van der Waals surface area contributed by atoms with Gasteiger partial charge in [-0.3, -0.25) is 30.1 Å². The van der Waals surface area contributed by atoms with Crippen molar-refractivity contribution in [2.45, 2.75) is 6.54 Å². The number of H-pyrrole nitrogens is 1. The van der Waals surface area contributed by atoms with Gasteiger partial charge < -0.3 is 5.11 Å². The van der Waals surface area contributed by atoms with Crippen LogP contribution >= 0.6 is 23.8 Å². The third-order valence-electron chi connectivity index (χ3n) is 4.41. The average Bonchev–Trinajstić information content (AvgIpc) is 3.36. The summed E-state index contributed by atoms with van der Waals surface area (Å²) in [5.41, 5.74) is 5.64. The Labute approximate surface area is 191 Å². The van der Waals surface area contributed by atoms with Crippen LogP contribution in [0.15, 0.2) is 60.8 Å². The molecule has 0 aliphatic rings. The quantitative estimate of drug-likeness (QED) is 0.262. The highest BCUT2D eigenvalue weighted by Crippen LogP contribution is 2.20. The van der Waals surface area contributed by atoms with Gasteiger partial charge in [-0.1, -0.05) is 29.8 Å². The zero-order valence-corrected chi connectivity index (χ0v) is 17.9. The Morgan fingerprint density at radius 3 is 2.53 bits per heavy atom. The van der Waals surface area contributed by atoms with Crippen LogP contribution in [-0.4, -0.2) is 41.5 Å². The number of aromatic amines is 1. The van der Waals surface area contributed by atoms with E-state index in [1.807, 2.05) is 6.07 Å².